The van der Waals surface area contributed by atoms with Crippen LogP contribution in [0.3, 0.4) is 0 Å². The summed E-state index contributed by atoms with van der Waals surface area (Å²) < 4.78 is 15.8. The Hall–Kier alpha value is -3.15. The van der Waals surface area contributed by atoms with Gasteiger partial charge in [-0.3, -0.25) is 0 Å². The number of aromatic nitrogens is 2. The quantitative estimate of drug-likeness (QED) is 0.655. The van der Waals surface area contributed by atoms with E-state index in [0.29, 0.717) is 17.1 Å². The first-order valence-corrected chi connectivity index (χ1v) is 8.49. The summed E-state index contributed by atoms with van der Waals surface area (Å²) in [5, 5.41) is 3.94. The van der Waals surface area contributed by atoms with Crippen molar-refractivity contribution >= 4 is 5.97 Å². The molecule has 0 N–H and O–H groups in total. The summed E-state index contributed by atoms with van der Waals surface area (Å²) in [5.74, 6) is 0.887. The number of nitrogens with zero attached hydrogens (tertiary/aromatic N) is 2. The lowest BCUT2D eigenvalue weighted by Crippen LogP contribution is -2.06. The zero-order valence-electron chi connectivity index (χ0n) is 14.4. The number of benzene rings is 2. The Morgan fingerprint density at radius 3 is 2.88 bits per heavy atom. The molecule has 2 aromatic carbocycles. The van der Waals surface area contributed by atoms with E-state index in [4.69, 9.17) is 14.0 Å². The zero-order chi connectivity index (χ0) is 17.9. The Morgan fingerprint density at radius 1 is 1.15 bits per heavy atom. The van der Waals surface area contributed by atoms with E-state index >= 15 is 0 Å². The lowest BCUT2D eigenvalue weighted by atomic mass is 10.1. The first-order valence-electron chi connectivity index (χ1n) is 8.49. The third-order valence-corrected chi connectivity index (χ3v) is 4.48. The molecule has 26 heavy (non-hydrogen) atoms. The largest absolute Gasteiger partial charge is 0.496 e. The van der Waals surface area contributed by atoms with Crippen LogP contribution in [0.5, 0.6) is 5.75 Å². The summed E-state index contributed by atoms with van der Waals surface area (Å²) in [7, 11) is 1.58. The molecule has 0 saturated carbocycles. The van der Waals surface area contributed by atoms with E-state index in [9.17, 15) is 4.79 Å². The van der Waals surface area contributed by atoms with Gasteiger partial charge < -0.3 is 14.0 Å². The molecule has 6 heteroatoms. The van der Waals surface area contributed by atoms with E-state index < -0.39 is 5.97 Å². The molecule has 1 aromatic heterocycles. The van der Waals surface area contributed by atoms with Crippen molar-refractivity contribution in [1.29, 1.82) is 0 Å². The summed E-state index contributed by atoms with van der Waals surface area (Å²) in [6.07, 6.45) is 3.24. The van der Waals surface area contributed by atoms with Crippen molar-refractivity contribution < 1.29 is 18.8 Å². The summed E-state index contributed by atoms with van der Waals surface area (Å²) in [5.41, 5.74) is 3.82. The summed E-state index contributed by atoms with van der Waals surface area (Å²) in [6.45, 7) is -0.0714. The third-order valence-electron chi connectivity index (χ3n) is 4.48. The number of hydrogen-bond acceptors (Lipinski definition) is 6. The minimum atomic E-state index is -0.392. The van der Waals surface area contributed by atoms with Crippen LogP contribution in [0, 0.1) is 0 Å². The van der Waals surface area contributed by atoms with Crippen LogP contribution in [0.15, 0.2) is 47.0 Å². The molecule has 0 amide bonds. The highest BCUT2D eigenvalue weighted by molar-refractivity contribution is 5.89. The number of carbonyl (C=O) groups excluding carboxylic acids is 1. The second-order valence-electron chi connectivity index (χ2n) is 6.13. The van der Waals surface area contributed by atoms with Gasteiger partial charge in [0.15, 0.2) is 6.61 Å². The van der Waals surface area contributed by atoms with Gasteiger partial charge in [0.2, 0.25) is 5.82 Å². The number of rotatable bonds is 5. The second-order valence-corrected chi connectivity index (χ2v) is 6.13. The SMILES string of the molecule is COc1ccccc1-c1noc(COC(=O)c2ccc3c(c2)CCC3)n1. The Bertz CT molecular complexity index is 948. The van der Waals surface area contributed by atoms with E-state index in [-0.39, 0.29) is 12.5 Å². The molecule has 0 saturated heterocycles. The zero-order valence-corrected chi connectivity index (χ0v) is 14.4. The third kappa shape index (κ3) is 3.18. The van der Waals surface area contributed by atoms with Gasteiger partial charge in [-0.2, -0.15) is 4.98 Å². The van der Waals surface area contributed by atoms with Crippen LogP contribution in [0.4, 0.5) is 0 Å². The van der Waals surface area contributed by atoms with Crippen LogP contribution in [-0.4, -0.2) is 23.2 Å². The predicted molar refractivity (Wildman–Crippen MR) is 93.9 cm³/mol. The van der Waals surface area contributed by atoms with E-state index in [1.165, 1.54) is 11.1 Å². The molecular weight excluding hydrogens is 332 g/mol. The van der Waals surface area contributed by atoms with Crippen molar-refractivity contribution in [2.75, 3.05) is 7.11 Å². The minimum absolute atomic E-state index is 0.0714. The van der Waals surface area contributed by atoms with Crippen LogP contribution < -0.4 is 4.74 Å². The lowest BCUT2D eigenvalue weighted by Gasteiger charge is -2.04. The molecular formula is C20H18N2O4. The molecule has 0 unspecified atom stereocenters. The number of carbonyl (C=O) groups is 1. The fourth-order valence-corrected chi connectivity index (χ4v) is 3.16. The molecule has 0 fully saturated rings. The summed E-state index contributed by atoms with van der Waals surface area (Å²) in [6, 6.07) is 13.1. The maximum Gasteiger partial charge on any atom is 0.338 e. The predicted octanol–water partition coefficient (Wildman–Crippen LogP) is 3.59. The van der Waals surface area contributed by atoms with Gasteiger partial charge in [0, 0.05) is 0 Å². The first kappa shape index (κ1) is 16.3. The van der Waals surface area contributed by atoms with Gasteiger partial charge in [0.1, 0.15) is 5.75 Å². The Balaban J connectivity index is 1.44. The van der Waals surface area contributed by atoms with E-state index in [1.54, 1.807) is 13.2 Å². The topological polar surface area (TPSA) is 74.5 Å². The van der Waals surface area contributed by atoms with Crippen molar-refractivity contribution in [3.63, 3.8) is 0 Å². The van der Waals surface area contributed by atoms with E-state index in [1.807, 2.05) is 36.4 Å². The molecule has 132 valence electrons. The molecule has 4 rings (SSSR count). The molecule has 1 aliphatic carbocycles. The molecule has 0 spiro atoms. The molecule has 1 heterocycles. The van der Waals surface area contributed by atoms with Gasteiger partial charge in [-0.15, -0.1) is 0 Å². The molecule has 0 aliphatic heterocycles. The number of fused-ring (bicyclic) bond motifs is 1. The normalized spacial score (nSPS) is 12.7. The van der Waals surface area contributed by atoms with Gasteiger partial charge in [-0.25, -0.2) is 4.79 Å². The second kappa shape index (κ2) is 7.00. The monoisotopic (exact) mass is 350 g/mol. The van der Waals surface area contributed by atoms with Crippen LogP contribution in [0.1, 0.15) is 33.8 Å². The Morgan fingerprint density at radius 2 is 2.00 bits per heavy atom. The highest BCUT2D eigenvalue weighted by Gasteiger charge is 2.17. The summed E-state index contributed by atoms with van der Waals surface area (Å²) in [4.78, 5) is 16.5. The van der Waals surface area contributed by atoms with Crippen molar-refractivity contribution in [2.45, 2.75) is 25.9 Å². The molecule has 3 aromatic rings. The molecule has 0 atom stereocenters. The van der Waals surface area contributed by atoms with Crippen LogP contribution in [0.2, 0.25) is 0 Å². The maximum absolute atomic E-state index is 12.3. The molecule has 6 nitrogen and oxygen atoms in total. The molecule has 0 bridgehead atoms. The standard InChI is InChI=1S/C20H18N2O4/c1-24-17-8-3-2-7-16(17)19-21-18(26-22-19)12-25-20(23)15-10-9-13-5-4-6-14(13)11-15/h2-3,7-11H,4-6,12H2,1H3. The fraction of sp³-hybridized carbons (Fsp3) is 0.250. The van der Waals surface area contributed by atoms with Crippen molar-refractivity contribution in [1.82, 2.24) is 10.1 Å². The minimum Gasteiger partial charge on any atom is -0.496 e. The lowest BCUT2D eigenvalue weighted by molar-refractivity contribution is 0.0429. The average Bonchev–Trinajstić information content (AvgIpc) is 3.34. The number of para-hydroxylation sites is 1. The van der Waals surface area contributed by atoms with Crippen LogP contribution in [-0.2, 0) is 24.2 Å². The van der Waals surface area contributed by atoms with Crippen LogP contribution in [0.25, 0.3) is 11.4 Å². The van der Waals surface area contributed by atoms with Gasteiger partial charge in [0.25, 0.3) is 5.89 Å². The van der Waals surface area contributed by atoms with E-state index in [2.05, 4.69) is 10.1 Å². The van der Waals surface area contributed by atoms with Crippen molar-refractivity contribution in [2.24, 2.45) is 0 Å². The number of hydrogen-bond donors (Lipinski definition) is 0. The van der Waals surface area contributed by atoms with Gasteiger partial charge in [0.05, 0.1) is 18.2 Å². The first-order chi connectivity index (χ1) is 12.7. The van der Waals surface area contributed by atoms with Gasteiger partial charge in [-0.05, 0) is 54.7 Å². The number of methoxy groups -OCH3 is 1. The highest BCUT2D eigenvalue weighted by atomic mass is 16.6. The van der Waals surface area contributed by atoms with E-state index in [0.717, 1.165) is 24.8 Å². The van der Waals surface area contributed by atoms with Gasteiger partial charge in [-0.1, -0.05) is 23.4 Å². The summed E-state index contributed by atoms with van der Waals surface area (Å²) >= 11 is 0. The highest BCUT2D eigenvalue weighted by Crippen LogP contribution is 2.27. The Kier molecular flexibility index (Phi) is 4.39. The fourth-order valence-electron chi connectivity index (χ4n) is 3.16. The number of aryl methyl sites for hydroxylation is 2. The van der Waals surface area contributed by atoms with Gasteiger partial charge >= 0.3 is 5.97 Å². The Labute approximate surface area is 150 Å². The average molecular weight is 350 g/mol. The van der Waals surface area contributed by atoms with Crippen molar-refractivity contribution in [3.05, 3.63) is 65.0 Å². The number of ether oxygens (including phenoxy) is 2. The number of esters is 1. The maximum atomic E-state index is 12.3. The molecule has 0 radical (unpaired) electrons. The van der Waals surface area contributed by atoms with Crippen LogP contribution >= 0.6 is 0 Å². The molecule has 1 aliphatic rings. The van der Waals surface area contributed by atoms with Crippen molar-refractivity contribution in [3.8, 4) is 17.1 Å². The smallest absolute Gasteiger partial charge is 0.338 e.